The van der Waals surface area contributed by atoms with Crippen molar-refractivity contribution in [2.45, 2.75) is 70.4 Å². The number of carbonyl (C=O) groups excluding carboxylic acids is 1. The van der Waals surface area contributed by atoms with E-state index in [4.69, 9.17) is 0 Å². The number of amides is 1. The quantitative estimate of drug-likeness (QED) is 0.518. The zero-order valence-corrected chi connectivity index (χ0v) is 14.9. The Morgan fingerprint density at radius 1 is 1.25 bits per heavy atom. The average Bonchev–Trinajstić information content (AvgIpc) is 2.94. The second-order valence-corrected chi connectivity index (χ2v) is 6.73. The summed E-state index contributed by atoms with van der Waals surface area (Å²) < 4.78 is 0. The van der Waals surface area contributed by atoms with E-state index in [1.54, 1.807) is 0 Å². The van der Waals surface area contributed by atoms with Gasteiger partial charge in [0, 0.05) is 13.0 Å². The van der Waals surface area contributed by atoms with Gasteiger partial charge in [0.1, 0.15) is 0 Å². The van der Waals surface area contributed by atoms with Gasteiger partial charge in [0.25, 0.3) is 0 Å². The van der Waals surface area contributed by atoms with Crippen molar-refractivity contribution in [3.63, 3.8) is 0 Å². The van der Waals surface area contributed by atoms with Gasteiger partial charge < -0.3 is 10.0 Å². The van der Waals surface area contributed by atoms with Crippen LogP contribution >= 0.6 is 0 Å². The van der Waals surface area contributed by atoms with Crippen LogP contribution in [0.3, 0.4) is 0 Å². The van der Waals surface area contributed by atoms with E-state index < -0.39 is 0 Å². The number of hydrogen-bond acceptors (Lipinski definition) is 2. The Bertz CT molecular complexity index is 512. The van der Waals surface area contributed by atoms with E-state index in [1.807, 2.05) is 23.1 Å². The molecule has 0 unspecified atom stereocenters. The zero-order chi connectivity index (χ0) is 17.2. The van der Waals surface area contributed by atoms with Gasteiger partial charge in [-0.05, 0) is 31.2 Å². The van der Waals surface area contributed by atoms with Gasteiger partial charge in [-0.3, -0.25) is 4.79 Å². The molecule has 3 heteroatoms. The molecule has 2 rings (SSSR count). The summed E-state index contributed by atoms with van der Waals surface area (Å²) >= 11 is 0. The SMILES string of the molecule is CCCCC[C@H](O)/C=C/[C@H]1CCC(=O)N1CCCc1ccccc1. The molecular formula is C21H31NO2. The molecule has 0 aromatic heterocycles. The Hall–Kier alpha value is -1.61. The molecule has 1 heterocycles. The maximum absolute atomic E-state index is 12.1. The van der Waals surface area contributed by atoms with Crippen LogP contribution in [-0.4, -0.2) is 34.6 Å². The molecule has 3 nitrogen and oxygen atoms in total. The van der Waals surface area contributed by atoms with Crippen molar-refractivity contribution in [3.8, 4) is 0 Å². The molecule has 2 atom stereocenters. The van der Waals surface area contributed by atoms with Crippen molar-refractivity contribution in [3.05, 3.63) is 48.0 Å². The number of benzene rings is 1. The number of carbonyl (C=O) groups is 1. The lowest BCUT2D eigenvalue weighted by Crippen LogP contribution is -2.33. The van der Waals surface area contributed by atoms with E-state index in [0.29, 0.717) is 6.42 Å². The van der Waals surface area contributed by atoms with Gasteiger partial charge in [0.05, 0.1) is 12.1 Å². The molecule has 0 saturated carbocycles. The van der Waals surface area contributed by atoms with Crippen LogP contribution in [0.4, 0.5) is 0 Å². The van der Waals surface area contributed by atoms with Crippen LogP contribution < -0.4 is 0 Å². The highest BCUT2D eigenvalue weighted by Gasteiger charge is 2.28. The highest BCUT2D eigenvalue weighted by atomic mass is 16.3. The molecule has 0 bridgehead atoms. The molecule has 1 aliphatic rings. The number of likely N-dealkylation sites (tertiary alicyclic amines) is 1. The standard InChI is InChI=1S/C21H31NO2/c1-2-3-5-12-20(23)15-13-19-14-16-21(24)22(19)17-8-11-18-9-6-4-7-10-18/h4,6-7,9-10,13,15,19-20,23H,2-3,5,8,11-12,14,16-17H2,1H3/b15-13+/t19-,20-/m0/s1. The second-order valence-electron chi connectivity index (χ2n) is 6.73. The van der Waals surface area contributed by atoms with E-state index in [1.165, 1.54) is 18.4 Å². The van der Waals surface area contributed by atoms with E-state index in [2.05, 4.69) is 31.2 Å². The van der Waals surface area contributed by atoms with Crippen LogP contribution in [0.1, 0.15) is 57.4 Å². The predicted octanol–water partition coefficient (Wildman–Crippen LogP) is 4.11. The second kappa shape index (κ2) is 10.3. The topological polar surface area (TPSA) is 40.5 Å². The van der Waals surface area contributed by atoms with Crippen LogP contribution in [0.5, 0.6) is 0 Å². The Morgan fingerprint density at radius 2 is 2.04 bits per heavy atom. The normalized spacial score (nSPS) is 19.3. The van der Waals surface area contributed by atoms with E-state index in [9.17, 15) is 9.90 Å². The van der Waals surface area contributed by atoms with Crippen LogP contribution in [0.2, 0.25) is 0 Å². The molecule has 24 heavy (non-hydrogen) atoms. The Morgan fingerprint density at radius 3 is 2.79 bits per heavy atom. The molecule has 0 spiro atoms. The molecule has 1 amide bonds. The van der Waals surface area contributed by atoms with E-state index in [-0.39, 0.29) is 18.1 Å². The summed E-state index contributed by atoms with van der Waals surface area (Å²) in [5, 5.41) is 10.0. The summed E-state index contributed by atoms with van der Waals surface area (Å²) in [6, 6.07) is 10.6. The molecular weight excluding hydrogens is 298 g/mol. The molecule has 132 valence electrons. The van der Waals surface area contributed by atoms with Crippen molar-refractivity contribution in [1.82, 2.24) is 4.90 Å². The average molecular weight is 329 g/mol. The lowest BCUT2D eigenvalue weighted by molar-refractivity contribution is -0.128. The first-order valence-electron chi connectivity index (χ1n) is 9.40. The number of rotatable bonds is 10. The predicted molar refractivity (Wildman–Crippen MR) is 98.8 cm³/mol. The van der Waals surface area contributed by atoms with Gasteiger partial charge in [-0.15, -0.1) is 0 Å². The van der Waals surface area contributed by atoms with Gasteiger partial charge >= 0.3 is 0 Å². The summed E-state index contributed by atoms with van der Waals surface area (Å²) in [7, 11) is 0. The Kier molecular flexibility index (Phi) is 8.03. The summed E-state index contributed by atoms with van der Waals surface area (Å²) in [5.41, 5.74) is 1.32. The van der Waals surface area contributed by atoms with Crippen LogP contribution in [0.15, 0.2) is 42.5 Å². The first kappa shape index (κ1) is 18.7. The maximum Gasteiger partial charge on any atom is 0.223 e. The van der Waals surface area contributed by atoms with E-state index in [0.717, 1.165) is 38.6 Å². The molecule has 1 saturated heterocycles. The number of aliphatic hydroxyl groups is 1. The first-order chi connectivity index (χ1) is 11.7. The molecule has 0 radical (unpaired) electrons. The fraction of sp³-hybridized carbons (Fsp3) is 0.571. The number of hydrogen-bond donors (Lipinski definition) is 1. The van der Waals surface area contributed by atoms with Crippen molar-refractivity contribution in [2.24, 2.45) is 0 Å². The van der Waals surface area contributed by atoms with Crippen molar-refractivity contribution in [1.29, 1.82) is 0 Å². The minimum atomic E-state index is -0.376. The largest absolute Gasteiger partial charge is 0.389 e. The fourth-order valence-corrected chi connectivity index (χ4v) is 3.30. The van der Waals surface area contributed by atoms with Gasteiger partial charge in [-0.1, -0.05) is 68.7 Å². The molecule has 0 aliphatic carbocycles. The summed E-state index contributed by atoms with van der Waals surface area (Å²) in [6.07, 6.45) is 11.3. The number of aliphatic hydroxyl groups excluding tert-OH is 1. The summed E-state index contributed by atoms with van der Waals surface area (Å²) in [4.78, 5) is 14.1. The molecule has 1 aromatic rings. The van der Waals surface area contributed by atoms with Gasteiger partial charge in [0.15, 0.2) is 0 Å². The minimum Gasteiger partial charge on any atom is -0.389 e. The summed E-state index contributed by atoms with van der Waals surface area (Å²) in [5.74, 6) is 0.248. The highest BCUT2D eigenvalue weighted by molar-refractivity contribution is 5.79. The van der Waals surface area contributed by atoms with Gasteiger partial charge in [-0.2, -0.15) is 0 Å². The third-order valence-electron chi connectivity index (χ3n) is 4.74. The molecule has 1 fully saturated rings. The smallest absolute Gasteiger partial charge is 0.223 e. The number of unbranched alkanes of at least 4 members (excludes halogenated alkanes) is 2. The molecule has 1 aromatic carbocycles. The van der Waals surface area contributed by atoms with E-state index >= 15 is 0 Å². The highest BCUT2D eigenvalue weighted by Crippen LogP contribution is 2.21. The molecule has 1 N–H and O–H groups in total. The summed E-state index contributed by atoms with van der Waals surface area (Å²) in [6.45, 7) is 2.97. The lowest BCUT2D eigenvalue weighted by atomic mass is 10.1. The zero-order valence-electron chi connectivity index (χ0n) is 14.9. The number of aryl methyl sites for hydroxylation is 1. The molecule has 1 aliphatic heterocycles. The van der Waals surface area contributed by atoms with Gasteiger partial charge in [0.2, 0.25) is 5.91 Å². The maximum atomic E-state index is 12.1. The third-order valence-corrected chi connectivity index (χ3v) is 4.74. The van der Waals surface area contributed by atoms with Crippen LogP contribution in [-0.2, 0) is 11.2 Å². The Balaban J connectivity index is 1.78. The first-order valence-corrected chi connectivity index (χ1v) is 9.40. The van der Waals surface area contributed by atoms with Crippen LogP contribution in [0.25, 0.3) is 0 Å². The monoisotopic (exact) mass is 329 g/mol. The van der Waals surface area contributed by atoms with Crippen molar-refractivity contribution >= 4 is 5.91 Å². The fourth-order valence-electron chi connectivity index (χ4n) is 3.30. The van der Waals surface area contributed by atoms with Gasteiger partial charge in [-0.25, -0.2) is 0 Å². The minimum absolute atomic E-state index is 0.161. The Labute approximate surface area is 146 Å². The third kappa shape index (κ3) is 6.12. The number of nitrogens with zero attached hydrogens (tertiary/aromatic N) is 1. The van der Waals surface area contributed by atoms with Crippen molar-refractivity contribution < 1.29 is 9.90 Å². The van der Waals surface area contributed by atoms with Crippen molar-refractivity contribution in [2.75, 3.05) is 6.54 Å². The van der Waals surface area contributed by atoms with Crippen LogP contribution in [0, 0.1) is 0 Å². The lowest BCUT2D eigenvalue weighted by Gasteiger charge is -2.22.